The lowest BCUT2D eigenvalue weighted by atomic mass is 10.0. The van der Waals surface area contributed by atoms with Crippen LogP contribution >= 0.6 is 22.7 Å². The molecule has 2 aliphatic carbocycles. The summed E-state index contributed by atoms with van der Waals surface area (Å²) in [4.78, 5) is 0. The monoisotopic (exact) mass is 831 g/mol. The summed E-state index contributed by atoms with van der Waals surface area (Å²) in [5.74, 6) is 1.14. The van der Waals surface area contributed by atoms with Gasteiger partial charge < -0.3 is 15.2 Å². The van der Waals surface area contributed by atoms with Crippen molar-refractivity contribution in [1.29, 1.82) is 10.5 Å². The fraction of sp³-hybridized carbons (Fsp3) is 0.286. The molecule has 0 aliphatic heterocycles. The van der Waals surface area contributed by atoms with Crippen molar-refractivity contribution in [3.8, 4) is 65.9 Å². The number of nitriles is 2. The molecular weight excluding hydrogens is 791 g/mol. The van der Waals surface area contributed by atoms with Crippen LogP contribution < -0.4 is 25.1 Å². The summed E-state index contributed by atoms with van der Waals surface area (Å²) < 4.78 is 36.8. The van der Waals surface area contributed by atoms with E-state index < -0.39 is 10.2 Å². The molecule has 0 radical (unpaired) electrons. The van der Waals surface area contributed by atoms with Gasteiger partial charge >= 0.3 is 0 Å². The molecule has 0 bridgehead atoms. The molecule has 13 nitrogen and oxygen atoms in total. The van der Waals surface area contributed by atoms with Crippen molar-refractivity contribution in [1.82, 2.24) is 25.1 Å². The summed E-state index contributed by atoms with van der Waals surface area (Å²) in [5, 5.41) is 44.6. The van der Waals surface area contributed by atoms with Crippen LogP contribution in [0.3, 0.4) is 0 Å². The third-order valence-corrected chi connectivity index (χ3v) is 12.2. The molecule has 0 unspecified atom stereocenters. The smallest absolute Gasteiger partial charge is 0.274 e. The van der Waals surface area contributed by atoms with Crippen molar-refractivity contribution < 1.29 is 17.9 Å². The molecule has 2 heterocycles. The topological polar surface area (TPSA) is 216 Å². The fourth-order valence-corrected chi connectivity index (χ4v) is 9.60. The minimum absolute atomic E-state index is 0.0163. The van der Waals surface area contributed by atoms with Crippen molar-refractivity contribution in [3.63, 3.8) is 0 Å². The Kier molecular flexibility index (Phi) is 12.0. The van der Waals surface area contributed by atoms with E-state index in [0.717, 1.165) is 61.2 Å². The van der Waals surface area contributed by atoms with E-state index in [1.165, 1.54) is 33.8 Å². The molecule has 0 saturated carbocycles. The minimum Gasteiger partial charge on any atom is -0.490 e. The van der Waals surface area contributed by atoms with Gasteiger partial charge in [-0.05, 0) is 112 Å². The second kappa shape index (κ2) is 17.1. The van der Waals surface area contributed by atoms with E-state index in [4.69, 9.17) is 20.3 Å². The predicted molar refractivity (Wildman–Crippen MR) is 225 cm³/mol. The number of fused-ring (bicyclic) bond motifs is 2. The number of nitrogens with one attached hydrogen (secondary N) is 1. The highest BCUT2D eigenvalue weighted by molar-refractivity contribution is 7.87. The average molecular weight is 832 g/mol. The average Bonchev–Trinajstić information content (AvgIpc) is 4.02. The van der Waals surface area contributed by atoms with Gasteiger partial charge in [-0.1, -0.05) is 59.1 Å². The first kappa shape index (κ1) is 40.6. The van der Waals surface area contributed by atoms with Crippen LogP contribution in [0.2, 0.25) is 0 Å². The normalized spacial score (nSPS) is 15.6. The summed E-state index contributed by atoms with van der Waals surface area (Å²) in [5.41, 5.74) is 15.3. The third kappa shape index (κ3) is 8.93. The Bertz CT molecular complexity index is 2680. The van der Waals surface area contributed by atoms with Crippen LogP contribution in [0.5, 0.6) is 11.5 Å². The van der Waals surface area contributed by atoms with Crippen molar-refractivity contribution in [3.05, 3.63) is 106 Å². The molecule has 2 atom stereocenters. The van der Waals surface area contributed by atoms with Gasteiger partial charge in [0.05, 0.1) is 23.3 Å². The van der Waals surface area contributed by atoms with Crippen molar-refractivity contribution >= 4 is 32.9 Å². The molecule has 2 aromatic heterocycles. The maximum absolute atomic E-state index is 11.5. The molecule has 296 valence electrons. The molecule has 8 rings (SSSR count). The van der Waals surface area contributed by atoms with E-state index in [1.807, 2.05) is 76.2 Å². The van der Waals surface area contributed by atoms with Gasteiger partial charge in [0.2, 0.25) is 0 Å². The van der Waals surface area contributed by atoms with Crippen LogP contribution in [0.25, 0.3) is 42.3 Å². The van der Waals surface area contributed by atoms with Crippen LogP contribution in [0.15, 0.2) is 72.8 Å². The first-order chi connectivity index (χ1) is 27.8. The minimum atomic E-state index is -3.79. The molecule has 58 heavy (non-hydrogen) atoms. The fourth-order valence-electron chi connectivity index (χ4n) is 7.17. The van der Waals surface area contributed by atoms with E-state index >= 15 is 0 Å². The van der Waals surface area contributed by atoms with E-state index in [1.54, 1.807) is 12.1 Å². The van der Waals surface area contributed by atoms with Gasteiger partial charge in [-0.2, -0.15) is 23.7 Å². The molecule has 0 saturated heterocycles. The summed E-state index contributed by atoms with van der Waals surface area (Å²) in [6.07, 6.45) is 3.29. The molecule has 0 amide bonds. The number of hydrogen-bond donors (Lipinski definition) is 3. The van der Waals surface area contributed by atoms with Gasteiger partial charge in [0.1, 0.15) is 43.7 Å². The number of nitrogens with zero attached hydrogens (tertiary/aromatic N) is 6. The lowest BCUT2D eigenvalue weighted by Crippen LogP contribution is -2.33. The Morgan fingerprint density at radius 3 is 1.66 bits per heavy atom. The van der Waals surface area contributed by atoms with Crippen molar-refractivity contribution in [2.45, 2.75) is 77.7 Å². The standard InChI is InChI=1S/C21H21N5O3S2.C21H20N4OS/c1-12(2)29-19-9-6-13(10-14(19)11-22)20-24-25-21(30-20)17-5-3-4-16-15(17)7-8-18(16)26-31(23,27)28;1-12(2)26-19-9-6-13(10-14(19)11-22)20-24-25-21(27-20)17-5-3-4-16-15(17)7-8-18(16)23/h3-6,9-10,12,18,26H,7-8H2,1-2H3,(H2,23,27,28);3-6,9-10,12,18H,7-8,23H2,1-2H3/t2*18-/m00/s1. The lowest BCUT2D eigenvalue weighted by Gasteiger charge is -2.12. The van der Waals surface area contributed by atoms with Crippen LogP contribution in [-0.2, 0) is 23.1 Å². The second-order valence-electron chi connectivity index (χ2n) is 14.4. The predicted octanol–water partition coefficient (Wildman–Crippen LogP) is 7.79. The highest BCUT2D eigenvalue weighted by Crippen LogP contribution is 2.41. The van der Waals surface area contributed by atoms with Gasteiger partial charge in [-0.25, -0.2) is 5.14 Å². The van der Waals surface area contributed by atoms with Crippen LogP contribution in [0.4, 0.5) is 0 Å². The Balaban J connectivity index is 0.000000178. The van der Waals surface area contributed by atoms with Gasteiger partial charge in [-0.15, -0.1) is 20.4 Å². The van der Waals surface area contributed by atoms with Gasteiger partial charge in [0, 0.05) is 34.3 Å². The van der Waals surface area contributed by atoms with Crippen molar-refractivity contribution in [2.24, 2.45) is 10.9 Å². The third-order valence-electron chi connectivity index (χ3n) is 9.62. The Morgan fingerprint density at radius 2 is 1.17 bits per heavy atom. The summed E-state index contributed by atoms with van der Waals surface area (Å²) in [6.45, 7) is 7.70. The van der Waals surface area contributed by atoms with Gasteiger partial charge in [0.25, 0.3) is 10.2 Å². The molecule has 6 aromatic rings. The number of nitrogens with two attached hydrogens (primary N) is 2. The molecule has 0 fully saturated rings. The molecule has 2 aliphatic rings. The Hall–Kier alpha value is -5.59. The quantitative estimate of drug-likeness (QED) is 0.121. The van der Waals surface area contributed by atoms with Gasteiger partial charge in [0.15, 0.2) is 0 Å². The lowest BCUT2D eigenvalue weighted by molar-refractivity contribution is 0.241. The highest BCUT2D eigenvalue weighted by Gasteiger charge is 2.28. The largest absolute Gasteiger partial charge is 0.490 e. The second-order valence-corrected chi connectivity index (χ2v) is 17.7. The Labute approximate surface area is 345 Å². The van der Waals surface area contributed by atoms with Crippen LogP contribution in [0, 0.1) is 22.7 Å². The first-order valence-electron chi connectivity index (χ1n) is 18.7. The van der Waals surface area contributed by atoms with Crippen LogP contribution in [0.1, 0.15) is 86.0 Å². The van der Waals surface area contributed by atoms with E-state index in [9.17, 15) is 18.9 Å². The number of benzene rings is 4. The molecular formula is C42H41N9O4S3. The maximum atomic E-state index is 11.5. The molecule has 5 N–H and O–H groups in total. The Morgan fingerprint density at radius 1 is 0.707 bits per heavy atom. The summed E-state index contributed by atoms with van der Waals surface area (Å²) in [6, 6.07) is 27.1. The summed E-state index contributed by atoms with van der Waals surface area (Å²) >= 11 is 2.95. The van der Waals surface area contributed by atoms with Crippen molar-refractivity contribution in [2.75, 3.05) is 0 Å². The van der Waals surface area contributed by atoms with E-state index in [2.05, 4.69) is 49.4 Å². The molecule has 0 spiro atoms. The van der Waals surface area contributed by atoms with Gasteiger partial charge in [-0.3, -0.25) is 0 Å². The zero-order valence-electron chi connectivity index (χ0n) is 32.3. The number of rotatable bonds is 10. The SMILES string of the molecule is CC(C)Oc1ccc(-c2nnc(-c3cccc4c3CC[C@@H]4N)s2)cc1C#N.CC(C)Oc1ccc(-c2nnc(-c3cccc4c3CC[C@@H]4NS(N)(=O)=O)s2)cc1C#N. The zero-order chi connectivity index (χ0) is 41.1. The van der Waals surface area contributed by atoms with E-state index in [-0.39, 0.29) is 24.3 Å². The summed E-state index contributed by atoms with van der Waals surface area (Å²) in [7, 11) is -3.79. The molecule has 16 heteroatoms. The highest BCUT2D eigenvalue weighted by atomic mass is 32.2. The first-order valence-corrected chi connectivity index (χ1v) is 21.9. The number of hydrogen-bond acceptors (Lipinski definition) is 13. The zero-order valence-corrected chi connectivity index (χ0v) is 34.7. The number of aromatic nitrogens is 4. The van der Waals surface area contributed by atoms with Crippen LogP contribution in [-0.4, -0.2) is 41.0 Å². The molecule has 4 aromatic carbocycles. The maximum Gasteiger partial charge on any atom is 0.274 e. The number of ether oxygens (including phenoxy) is 2. The van der Waals surface area contributed by atoms with E-state index in [0.29, 0.717) is 40.5 Å².